The Hall–Kier alpha value is -0.875. The van der Waals surface area contributed by atoms with Gasteiger partial charge in [-0.1, -0.05) is 24.3 Å². The first-order valence-electron chi connectivity index (χ1n) is 6.51. The monoisotopic (exact) mass is 248 g/mol. The van der Waals surface area contributed by atoms with Crippen LogP contribution in [0.25, 0.3) is 0 Å². The molecule has 98 valence electrons. The molecular formula is C13H21BN2O2. The molecule has 0 unspecified atom stereocenters. The van der Waals surface area contributed by atoms with Crippen LogP contribution in [0.15, 0.2) is 24.3 Å². The van der Waals surface area contributed by atoms with Gasteiger partial charge in [0, 0.05) is 19.6 Å². The molecule has 1 aromatic rings. The molecule has 4 nitrogen and oxygen atoms in total. The fourth-order valence-corrected chi connectivity index (χ4v) is 2.43. The molecule has 0 aliphatic carbocycles. The number of rotatable bonds is 3. The summed E-state index contributed by atoms with van der Waals surface area (Å²) in [6.45, 7) is 5.11. The summed E-state index contributed by atoms with van der Waals surface area (Å²) in [4.78, 5) is 4.72. The van der Waals surface area contributed by atoms with Crippen molar-refractivity contribution in [3.63, 3.8) is 0 Å². The standard InChI is InChI=1S/C13H21BN2O2/c1-15-7-4-8-16(10-9-15)11-12-5-2-3-6-13(12)14(17)18/h2-3,5-6,17-18H,4,7-11H2,1H3. The van der Waals surface area contributed by atoms with Gasteiger partial charge >= 0.3 is 7.12 Å². The first-order chi connectivity index (χ1) is 8.66. The van der Waals surface area contributed by atoms with Gasteiger partial charge in [0.25, 0.3) is 0 Å². The topological polar surface area (TPSA) is 46.9 Å². The summed E-state index contributed by atoms with van der Waals surface area (Å²) in [5.41, 5.74) is 1.63. The van der Waals surface area contributed by atoms with Gasteiger partial charge < -0.3 is 14.9 Å². The van der Waals surface area contributed by atoms with E-state index >= 15 is 0 Å². The van der Waals surface area contributed by atoms with Crippen molar-refractivity contribution in [1.82, 2.24) is 9.80 Å². The van der Waals surface area contributed by atoms with Crippen molar-refractivity contribution in [2.75, 3.05) is 33.2 Å². The molecule has 0 spiro atoms. The molecule has 2 N–H and O–H groups in total. The fourth-order valence-electron chi connectivity index (χ4n) is 2.43. The molecular weight excluding hydrogens is 227 g/mol. The van der Waals surface area contributed by atoms with Gasteiger partial charge in [-0.25, -0.2) is 0 Å². The number of likely N-dealkylation sites (N-methyl/N-ethyl adjacent to an activating group) is 1. The molecule has 0 aromatic heterocycles. The van der Waals surface area contributed by atoms with E-state index in [1.165, 1.54) is 6.42 Å². The lowest BCUT2D eigenvalue weighted by atomic mass is 9.77. The van der Waals surface area contributed by atoms with Crippen molar-refractivity contribution in [3.8, 4) is 0 Å². The van der Waals surface area contributed by atoms with E-state index in [1.807, 2.05) is 18.2 Å². The van der Waals surface area contributed by atoms with Gasteiger partial charge in [-0.15, -0.1) is 0 Å². The molecule has 0 amide bonds. The Bertz CT molecular complexity index is 387. The van der Waals surface area contributed by atoms with Crippen LogP contribution in [0.2, 0.25) is 0 Å². The third kappa shape index (κ3) is 3.56. The molecule has 1 aromatic carbocycles. The second-order valence-corrected chi connectivity index (χ2v) is 5.01. The largest absolute Gasteiger partial charge is 0.488 e. The molecule has 1 fully saturated rings. The van der Waals surface area contributed by atoms with Gasteiger partial charge in [0.15, 0.2) is 0 Å². The van der Waals surface area contributed by atoms with Crippen LogP contribution in [0.5, 0.6) is 0 Å². The van der Waals surface area contributed by atoms with Crippen LogP contribution in [0.1, 0.15) is 12.0 Å². The fraction of sp³-hybridized carbons (Fsp3) is 0.538. The molecule has 2 rings (SSSR count). The molecule has 0 saturated carbocycles. The van der Waals surface area contributed by atoms with Crippen LogP contribution in [-0.2, 0) is 6.54 Å². The van der Waals surface area contributed by atoms with E-state index in [1.54, 1.807) is 6.07 Å². The molecule has 1 heterocycles. The summed E-state index contributed by atoms with van der Waals surface area (Å²) in [6, 6.07) is 7.55. The average Bonchev–Trinajstić information content (AvgIpc) is 2.55. The van der Waals surface area contributed by atoms with Crippen LogP contribution in [0.4, 0.5) is 0 Å². The zero-order chi connectivity index (χ0) is 13.0. The molecule has 1 aliphatic rings. The maximum atomic E-state index is 9.36. The summed E-state index contributed by atoms with van der Waals surface area (Å²) in [7, 11) is 0.769. The molecule has 0 bridgehead atoms. The number of hydrogen-bond donors (Lipinski definition) is 2. The maximum Gasteiger partial charge on any atom is 0.488 e. The first kappa shape index (κ1) is 13.6. The van der Waals surface area contributed by atoms with Gasteiger partial charge in [-0.05, 0) is 37.6 Å². The molecule has 1 saturated heterocycles. The lowest BCUT2D eigenvalue weighted by molar-refractivity contribution is 0.269. The minimum absolute atomic E-state index is 0.620. The zero-order valence-corrected chi connectivity index (χ0v) is 10.9. The van der Waals surface area contributed by atoms with E-state index in [9.17, 15) is 10.0 Å². The Labute approximate surface area is 109 Å². The molecule has 0 radical (unpaired) electrons. The van der Waals surface area contributed by atoms with E-state index < -0.39 is 7.12 Å². The Morgan fingerprint density at radius 1 is 1.11 bits per heavy atom. The van der Waals surface area contributed by atoms with E-state index in [4.69, 9.17) is 0 Å². The normalized spacial score (nSPS) is 18.6. The van der Waals surface area contributed by atoms with Crippen molar-refractivity contribution in [1.29, 1.82) is 0 Å². The van der Waals surface area contributed by atoms with Crippen molar-refractivity contribution in [2.45, 2.75) is 13.0 Å². The van der Waals surface area contributed by atoms with Crippen LogP contribution in [0.3, 0.4) is 0 Å². The smallest absolute Gasteiger partial charge is 0.423 e. The highest BCUT2D eigenvalue weighted by Gasteiger charge is 2.18. The number of hydrogen-bond acceptors (Lipinski definition) is 4. The summed E-state index contributed by atoms with van der Waals surface area (Å²) in [5, 5.41) is 18.7. The highest BCUT2D eigenvalue weighted by atomic mass is 16.4. The number of benzene rings is 1. The minimum Gasteiger partial charge on any atom is -0.423 e. The van der Waals surface area contributed by atoms with E-state index in [0.717, 1.165) is 38.3 Å². The Balaban J connectivity index is 2.04. The van der Waals surface area contributed by atoms with Gasteiger partial charge in [0.1, 0.15) is 0 Å². The van der Waals surface area contributed by atoms with E-state index in [0.29, 0.717) is 5.46 Å². The third-order valence-corrected chi connectivity index (χ3v) is 3.54. The zero-order valence-electron chi connectivity index (χ0n) is 10.9. The quantitative estimate of drug-likeness (QED) is 0.708. The molecule has 18 heavy (non-hydrogen) atoms. The van der Waals surface area contributed by atoms with Gasteiger partial charge in [0.2, 0.25) is 0 Å². The van der Waals surface area contributed by atoms with Crippen molar-refractivity contribution in [3.05, 3.63) is 29.8 Å². The summed E-state index contributed by atoms with van der Waals surface area (Å²) in [6.07, 6.45) is 1.17. The molecule has 5 heteroatoms. The lowest BCUT2D eigenvalue weighted by Gasteiger charge is -2.21. The SMILES string of the molecule is CN1CCCN(Cc2ccccc2B(O)O)CC1. The van der Waals surface area contributed by atoms with Crippen LogP contribution in [-0.4, -0.2) is 60.2 Å². The predicted octanol–water partition coefficient (Wildman–Crippen LogP) is -0.496. The van der Waals surface area contributed by atoms with Crippen LogP contribution in [0, 0.1) is 0 Å². The number of nitrogens with zero attached hydrogens (tertiary/aromatic N) is 2. The second kappa shape index (κ2) is 6.34. The average molecular weight is 248 g/mol. The van der Waals surface area contributed by atoms with Crippen molar-refractivity contribution >= 4 is 12.6 Å². The third-order valence-electron chi connectivity index (χ3n) is 3.54. The van der Waals surface area contributed by atoms with Gasteiger partial charge in [-0.2, -0.15) is 0 Å². The Morgan fingerprint density at radius 3 is 2.67 bits per heavy atom. The van der Waals surface area contributed by atoms with Gasteiger partial charge in [-0.3, -0.25) is 4.90 Å². The highest BCUT2D eigenvalue weighted by molar-refractivity contribution is 6.59. The van der Waals surface area contributed by atoms with Crippen molar-refractivity contribution in [2.24, 2.45) is 0 Å². The maximum absolute atomic E-state index is 9.36. The highest BCUT2D eigenvalue weighted by Crippen LogP contribution is 2.07. The Morgan fingerprint density at radius 2 is 1.89 bits per heavy atom. The van der Waals surface area contributed by atoms with Gasteiger partial charge in [0.05, 0.1) is 0 Å². The Kier molecular flexibility index (Phi) is 4.77. The molecule has 0 atom stereocenters. The minimum atomic E-state index is -1.38. The second-order valence-electron chi connectivity index (χ2n) is 5.01. The first-order valence-corrected chi connectivity index (χ1v) is 6.51. The predicted molar refractivity (Wildman–Crippen MR) is 73.7 cm³/mol. The van der Waals surface area contributed by atoms with Crippen molar-refractivity contribution < 1.29 is 10.0 Å². The summed E-state index contributed by atoms with van der Waals surface area (Å²) < 4.78 is 0. The molecule has 1 aliphatic heterocycles. The summed E-state index contributed by atoms with van der Waals surface area (Å²) in [5.74, 6) is 0. The van der Waals surface area contributed by atoms with E-state index in [2.05, 4.69) is 16.8 Å². The van der Waals surface area contributed by atoms with Crippen LogP contribution < -0.4 is 5.46 Å². The summed E-state index contributed by atoms with van der Waals surface area (Å²) >= 11 is 0. The van der Waals surface area contributed by atoms with E-state index in [-0.39, 0.29) is 0 Å². The van der Waals surface area contributed by atoms with Crippen LogP contribution >= 0.6 is 0 Å². The lowest BCUT2D eigenvalue weighted by Crippen LogP contribution is -2.36.